The molecule has 0 aliphatic carbocycles. The number of hydrogen-bond donors (Lipinski definition) is 4. The Hall–Kier alpha value is -2.61. The average Bonchev–Trinajstić information content (AvgIpc) is 3.69. The van der Waals surface area contributed by atoms with Crippen LogP contribution in [0.4, 0.5) is 5.82 Å². The maximum absolute atomic E-state index is 12.9. The van der Waals surface area contributed by atoms with E-state index in [4.69, 9.17) is 29.0 Å². The van der Waals surface area contributed by atoms with Gasteiger partial charge in [-0.05, 0) is 37.6 Å². The summed E-state index contributed by atoms with van der Waals surface area (Å²) in [5, 5.41) is 26.0. The molecule has 1 aliphatic rings. The van der Waals surface area contributed by atoms with E-state index >= 15 is 0 Å². The minimum Gasteiger partial charge on any atom is -0.486 e. The van der Waals surface area contributed by atoms with E-state index in [1.807, 2.05) is 18.2 Å². The second-order valence-corrected chi connectivity index (χ2v) is 15.8. The summed E-state index contributed by atoms with van der Waals surface area (Å²) in [4.78, 5) is 14.5. The highest BCUT2D eigenvalue weighted by atomic mass is 31.2. The van der Waals surface area contributed by atoms with Gasteiger partial charge in [0, 0.05) is 6.61 Å². The SMILES string of the molecule is CCCCCCCCCCCCCCCCCCOC[C@@H](COP(=O)(O)OC[C@H]1O[C@@](C)(c2ccc3c(N)ncnn23)[C@H](O)[C@@H]1O)Oc1ccccc1. The Morgan fingerprint density at radius 1 is 0.868 bits per heavy atom. The minimum absolute atomic E-state index is 0.155. The van der Waals surface area contributed by atoms with Crippen LogP contribution in [0.1, 0.15) is 122 Å². The van der Waals surface area contributed by atoms with Crippen molar-refractivity contribution < 1.29 is 42.9 Å². The molecule has 2 aromatic heterocycles. The standard InChI is InChI=1S/C39H63N4O9P/c1-3-4-5-6-7-8-9-10-11-12-13-14-15-16-17-21-26-48-27-32(51-31-22-19-18-20-23-31)28-49-53(46,47)50-29-34-36(44)37(45)39(2,52-34)35-25-24-33-38(40)41-30-42-43(33)35/h18-20,22-25,30,32,34,36-37,44-45H,3-17,21,26-29H2,1-2H3,(H,46,47)(H2,40,41,42)/t32-,34+,36+,37+,39-/m0/s1. The predicted molar refractivity (Wildman–Crippen MR) is 205 cm³/mol. The zero-order chi connectivity index (χ0) is 37.9. The van der Waals surface area contributed by atoms with Gasteiger partial charge in [-0.1, -0.05) is 121 Å². The fourth-order valence-electron chi connectivity index (χ4n) is 6.81. The fraction of sp³-hybridized carbons (Fsp3) is 0.692. The molecule has 3 aromatic rings. The monoisotopic (exact) mass is 762 g/mol. The van der Waals surface area contributed by atoms with Gasteiger partial charge in [0.25, 0.3) is 0 Å². The third kappa shape index (κ3) is 13.9. The van der Waals surface area contributed by atoms with Gasteiger partial charge >= 0.3 is 7.82 Å². The van der Waals surface area contributed by atoms with Crippen molar-refractivity contribution in [3.63, 3.8) is 0 Å². The Morgan fingerprint density at radius 3 is 2.09 bits per heavy atom. The summed E-state index contributed by atoms with van der Waals surface area (Å²) in [6.45, 7) is 3.74. The lowest BCUT2D eigenvalue weighted by atomic mass is 9.93. The molecule has 298 valence electrons. The number of para-hydroxylation sites is 1. The van der Waals surface area contributed by atoms with Crippen molar-refractivity contribution in [1.82, 2.24) is 14.6 Å². The van der Waals surface area contributed by atoms with Crippen LogP contribution in [0.5, 0.6) is 5.75 Å². The van der Waals surface area contributed by atoms with Crippen LogP contribution in [0.3, 0.4) is 0 Å². The summed E-state index contributed by atoms with van der Waals surface area (Å²) in [7, 11) is -4.63. The molecule has 1 aliphatic heterocycles. The van der Waals surface area contributed by atoms with Crippen LogP contribution < -0.4 is 10.5 Å². The first-order valence-corrected chi connectivity index (χ1v) is 21.2. The molecular formula is C39H63N4O9P. The van der Waals surface area contributed by atoms with Crippen molar-refractivity contribution in [1.29, 1.82) is 0 Å². The molecule has 13 nitrogen and oxygen atoms in total. The molecule has 1 aromatic carbocycles. The zero-order valence-corrected chi connectivity index (χ0v) is 32.6. The van der Waals surface area contributed by atoms with E-state index < -0.39 is 44.4 Å². The molecule has 6 atom stereocenters. The maximum atomic E-state index is 12.9. The lowest BCUT2D eigenvalue weighted by molar-refractivity contribution is -0.0892. The van der Waals surface area contributed by atoms with Gasteiger partial charge in [0.2, 0.25) is 0 Å². The van der Waals surface area contributed by atoms with Gasteiger partial charge in [0.05, 0.1) is 25.5 Å². The summed E-state index contributed by atoms with van der Waals surface area (Å²) < 4.78 is 42.9. The maximum Gasteiger partial charge on any atom is 0.472 e. The number of phosphoric acid groups is 1. The van der Waals surface area contributed by atoms with Crippen LogP contribution in [-0.2, 0) is 28.7 Å². The highest BCUT2D eigenvalue weighted by Crippen LogP contribution is 2.46. The van der Waals surface area contributed by atoms with Crippen LogP contribution in [0, 0.1) is 0 Å². The van der Waals surface area contributed by atoms with E-state index in [0.717, 1.165) is 12.8 Å². The number of fused-ring (bicyclic) bond motifs is 1. The predicted octanol–water partition coefficient (Wildman–Crippen LogP) is 7.51. The molecule has 1 saturated heterocycles. The molecule has 1 unspecified atom stereocenters. The molecule has 1 fully saturated rings. The molecule has 14 heteroatoms. The molecule has 0 saturated carbocycles. The van der Waals surface area contributed by atoms with E-state index in [0.29, 0.717) is 23.6 Å². The molecule has 0 spiro atoms. The van der Waals surface area contributed by atoms with Gasteiger partial charge in [-0.25, -0.2) is 14.1 Å². The molecule has 3 heterocycles. The Kier molecular flexibility index (Phi) is 18.5. The van der Waals surface area contributed by atoms with Gasteiger partial charge < -0.3 is 35.1 Å². The van der Waals surface area contributed by atoms with Crippen molar-refractivity contribution in [2.45, 2.75) is 147 Å². The van der Waals surface area contributed by atoms with E-state index in [-0.39, 0.29) is 19.0 Å². The number of aromatic nitrogens is 3. The quantitative estimate of drug-likeness (QED) is 0.0423. The van der Waals surface area contributed by atoms with Crippen molar-refractivity contribution in [3.8, 4) is 5.75 Å². The van der Waals surface area contributed by atoms with Crippen LogP contribution in [0.2, 0.25) is 0 Å². The molecule has 5 N–H and O–H groups in total. The van der Waals surface area contributed by atoms with E-state index in [1.165, 1.54) is 101 Å². The number of phosphoric ester groups is 1. The second-order valence-electron chi connectivity index (χ2n) is 14.4. The Balaban J connectivity index is 1.13. The van der Waals surface area contributed by atoms with Gasteiger partial charge in [0.15, 0.2) is 5.82 Å². The van der Waals surface area contributed by atoms with Crippen LogP contribution >= 0.6 is 7.82 Å². The number of nitrogens with two attached hydrogens (primary N) is 1. The zero-order valence-electron chi connectivity index (χ0n) is 31.7. The first-order chi connectivity index (χ1) is 25.6. The van der Waals surface area contributed by atoms with Crippen molar-refractivity contribution in [2.24, 2.45) is 0 Å². The summed E-state index contributed by atoms with van der Waals surface area (Å²) >= 11 is 0. The van der Waals surface area contributed by atoms with E-state index in [9.17, 15) is 19.7 Å². The van der Waals surface area contributed by atoms with Gasteiger partial charge in [-0.3, -0.25) is 9.05 Å². The number of hydrogen-bond acceptors (Lipinski definition) is 11. The molecule has 4 rings (SSSR count). The number of benzene rings is 1. The topological polar surface area (TPSA) is 180 Å². The van der Waals surface area contributed by atoms with Crippen molar-refractivity contribution >= 4 is 19.2 Å². The number of ether oxygens (including phenoxy) is 3. The molecule has 0 amide bonds. The van der Waals surface area contributed by atoms with Crippen molar-refractivity contribution in [2.75, 3.05) is 32.2 Å². The summed E-state index contributed by atoms with van der Waals surface area (Å²) in [6, 6.07) is 12.4. The number of aliphatic hydroxyl groups is 2. The van der Waals surface area contributed by atoms with Gasteiger partial charge in [-0.2, -0.15) is 5.10 Å². The lowest BCUT2D eigenvalue weighted by Gasteiger charge is -2.27. The summed E-state index contributed by atoms with van der Waals surface area (Å²) in [6.07, 6.45) is 17.4. The van der Waals surface area contributed by atoms with E-state index in [1.54, 1.807) is 31.2 Å². The number of nitrogen functional groups attached to an aromatic ring is 1. The van der Waals surface area contributed by atoms with E-state index in [2.05, 4.69) is 17.0 Å². The minimum atomic E-state index is -4.63. The number of unbranched alkanes of at least 4 members (excludes halogenated alkanes) is 15. The molecule has 0 radical (unpaired) electrons. The number of aliphatic hydroxyl groups excluding tert-OH is 2. The van der Waals surface area contributed by atoms with Gasteiger partial charge in [0.1, 0.15) is 47.6 Å². The molecule has 53 heavy (non-hydrogen) atoms. The number of rotatable bonds is 28. The van der Waals surface area contributed by atoms with Crippen LogP contribution in [0.25, 0.3) is 5.52 Å². The molecular weight excluding hydrogens is 699 g/mol. The third-order valence-corrected chi connectivity index (χ3v) is 10.9. The lowest BCUT2D eigenvalue weighted by Crippen LogP contribution is -2.39. The summed E-state index contributed by atoms with van der Waals surface area (Å²) in [5.74, 6) is 0.808. The normalized spacial score (nSPS) is 21.9. The Bertz CT molecular complexity index is 1500. The smallest absolute Gasteiger partial charge is 0.472 e. The highest BCUT2D eigenvalue weighted by Gasteiger charge is 2.54. The fourth-order valence-corrected chi connectivity index (χ4v) is 7.58. The molecule has 0 bridgehead atoms. The van der Waals surface area contributed by atoms with Gasteiger partial charge in [-0.15, -0.1) is 0 Å². The second kappa shape index (κ2) is 22.7. The summed E-state index contributed by atoms with van der Waals surface area (Å²) in [5.41, 5.74) is 5.43. The Labute approximate surface area is 315 Å². The largest absolute Gasteiger partial charge is 0.486 e. The number of anilines is 1. The Morgan fingerprint density at radius 2 is 1.47 bits per heavy atom. The first kappa shape index (κ1) is 43.1. The van der Waals surface area contributed by atoms with Crippen molar-refractivity contribution in [3.05, 3.63) is 54.5 Å². The highest BCUT2D eigenvalue weighted by molar-refractivity contribution is 7.47. The average molecular weight is 763 g/mol. The van der Waals surface area contributed by atoms with Crippen LogP contribution in [0.15, 0.2) is 48.8 Å². The number of nitrogens with zero attached hydrogens (tertiary/aromatic N) is 3. The van der Waals surface area contributed by atoms with Crippen LogP contribution in [-0.4, -0.2) is 80.5 Å². The third-order valence-electron chi connectivity index (χ3n) is 9.97. The first-order valence-electron chi connectivity index (χ1n) is 19.7.